The average Bonchev–Trinajstić information content (AvgIpc) is 3.05. The smallest absolute Gasteiger partial charge is 0.276 e. The molecule has 9 heteroatoms. The van der Waals surface area contributed by atoms with Crippen LogP contribution in [0.25, 0.3) is 11.6 Å². The molecule has 1 aliphatic rings. The van der Waals surface area contributed by atoms with Gasteiger partial charge in [0.25, 0.3) is 5.89 Å². The molecule has 2 aromatic heterocycles. The van der Waals surface area contributed by atoms with Gasteiger partial charge in [-0.3, -0.25) is 9.98 Å². The third kappa shape index (κ3) is 8.25. The van der Waals surface area contributed by atoms with Crippen LogP contribution >= 0.6 is 24.0 Å². The number of hydrogen-bond acceptors (Lipinski definition) is 6. The highest BCUT2D eigenvalue weighted by Crippen LogP contribution is 2.19. The number of aromatic nitrogens is 3. The van der Waals surface area contributed by atoms with Gasteiger partial charge in [-0.15, -0.1) is 24.0 Å². The zero-order valence-electron chi connectivity index (χ0n) is 17.0. The predicted octanol–water partition coefficient (Wildman–Crippen LogP) is 3.20. The number of aliphatic imine (C=N–C) groups is 1. The second-order valence-corrected chi connectivity index (χ2v) is 6.89. The molecule has 3 rings (SSSR count). The van der Waals surface area contributed by atoms with Crippen molar-refractivity contribution >= 4 is 29.9 Å². The molecule has 2 aromatic rings. The minimum Gasteiger partial charge on any atom is -0.376 e. The van der Waals surface area contributed by atoms with Crippen molar-refractivity contribution in [1.29, 1.82) is 0 Å². The Bertz CT molecular complexity index is 717. The van der Waals surface area contributed by atoms with Gasteiger partial charge in [-0.1, -0.05) is 36.9 Å². The van der Waals surface area contributed by atoms with Crippen LogP contribution in [0.4, 0.5) is 0 Å². The highest BCUT2D eigenvalue weighted by atomic mass is 127. The van der Waals surface area contributed by atoms with Crippen molar-refractivity contribution in [2.24, 2.45) is 4.99 Å². The summed E-state index contributed by atoms with van der Waals surface area (Å²) in [5.74, 6) is 1.83. The summed E-state index contributed by atoms with van der Waals surface area (Å²) >= 11 is 0. The molecule has 0 radical (unpaired) electrons. The predicted molar refractivity (Wildman–Crippen MR) is 123 cm³/mol. The summed E-state index contributed by atoms with van der Waals surface area (Å²) in [6.45, 7) is 2.09. The van der Waals surface area contributed by atoms with Crippen LogP contribution in [0.15, 0.2) is 33.9 Å². The first-order valence-corrected chi connectivity index (χ1v) is 10.2. The van der Waals surface area contributed by atoms with Crippen LogP contribution in [0.2, 0.25) is 0 Å². The molecular formula is C20H31IN6O2. The van der Waals surface area contributed by atoms with Crippen LogP contribution < -0.4 is 10.6 Å². The Balaban J connectivity index is 0.00000300. The number of nitrogens with zero attached hydrogens (tertiary/aromatic N) is 4. The first-order chi connectivity index (χ1) is 13.8. The maximum Gasteiger partial charge on any atom is 0.276 e. The number of rotatable bonds is 8. The standard InChI is InChI=1S/C20H30N6O2.HI/c1-21-20(24-14-15-27-16-8-4-2-3-5-9-16)23-13-11-18-25-19(28-26-18)17-10-6-7-12-22-17;/h6-7,10,12,16H,2-5,8-9,11,13-15H2,1H3,(H2,21,23,24);1H. The molecule has 8 nitrogen and oxygen atoms in total. The van der Waals surface area contributed by atoms with Crippen LogP contribution in [0.1, 0.15) is 44.3 Å². The molecule has 29 heavy (non-hydrogen) atoms. The third-order valence-electron chi connectivity index (χ3n) is 4.77. The highest BCUT2D eigenvalue weighted by Gasteiger charge is 2.12. The lowest BCUT2D eigenvalue weighted by Gasteiger charge is -2.16. The molecule has 160 valence electrons. The molecule has 0 saturated heterocycles. The van der Waals surface area contributed by atoms with Crippen molar-refractivity contribution in [1.82, 2.24) is 25.8 Å². The van der Waals surface area contributed by atoms with Crippen LogP contribution in [0, 0.1) is 0 Å². The lowest BCUT2D eigenvalue weighted by Crippen LogP contribution is -2.40. The average molecular weight is 514 g/mol. The molecular weight excluding hydrogens is 483 g/mol. The van der Waals surface area contributed by atoms with E-state index in [4.69, 9.17) is 9.26 Å². The van der Waals surface area contributed by atoms with Gasteiger partial charge >= 0.3 is 0 Å². The summed E-state index contributed by atoms with van der Waals surface area (Å²) in [4.78, 5) is 12.8. The Kier molecular flexibility index (Phi) is 10.9. The van der Waals surface area contributed by atoms with Gasteiger partial charge in [0.15, 0.2) is 11.8 Å². The van der Waals surface area contributed by atoms with E-state index in [0.717, 1.165) is 12.5 Å². The summed E-state index contributed by atoms with van der Waals surface area (Å²) in [5.41, 5.74) is 0.681. The largest absolute Gasteiger partial charge is 0.376 e. The van der Waals surface area contributed by atoms with Gasteiger partial charge < -0.3 is 19.9 Å². The normalized spacial score (nSPS) is 15.4. The van der Waals surface area contributed by atoms with Crippen molar-refractivity contribution < 1.29 is 9.26 Å². The molecule has 1 aliphatic carbocycles. The van der Waals surface area contributed by atoms with Gasteiger partial charge in [0.1, 0.15) is 5.69 Å². The lowest BCUT2D eigenvalue weighted by molar-refractivity contribution is 0.0468. The van der Waals surface area contributed by atoms with Crippen LogP contribution in [-0.2, 0) is 11.2 Å². The first kappa shape index (κ1) is 23.5. The summed E-state index contributed by atoms with van der Waals surface area (Å²) in [6.07, 6.45) is 10.4. The van der Waals surface area contributed by atoms with E-state index in [0.29, 0.717) is 43.1 Å². The molecule has 0 unspecified atom stereocenters. The van der Waals surface area contributed by atoms with E-state index in [1.165, 1.54) is 38.5 Å². The van der Waals surface area contributed by atoms with Gasteiger partial charge in [-0.05, 0) is 25.0 Å². The van der Waals surface area contributed by atoms with Crippen molar-refractivity contribution in [2.75, 3.05) is 26.7 Å². The monoisotopic (exact) mass is 514 g/mol. The van der Waals surface area contributed by atoms with E-state index in [2.05, 4.69) is 30.8 Å². The highest BCUT2D eigenvalue weighted by molar-refractivity contribution is 14.0. The number of halogens is 1. The molecule has 0 aromatic carbocycles. The second-order valence-electron chi connectivity index (χ2n) is 6.89. The van der Waals surface area contributed by atoms with Crippen LogP contribution in [0.5, 0.6) is 0 Å². The Morgan fingerprint density at radius 1 is 1.17 bits per heavy atom. The molecule has 2 heterocycles. The summed E-state index contributed by atoms with van der Waals surface area (Å²) in [7, 11) is 1.76. The Morgan fingerprint density at radius 2 is 1.97 bits per heavy atom. The third-order valence-corrected chi connectivity index (χ3v) is 4.77. The topological polar surface area (TPSA) is 97.5 Å². The summed E-state index contributed by atoms with van der Waals surface area (Å²) in [5, 5.41) is 10.5. The minimum atomic E-state index is 0. The van der Waals surface area contributed by atoms with Crippen molar-refractivity contribution in [3.05, 3.63) is 30.2 Å². The molecule has 0 bridgehead atoms. The molecule has 0 spiro atoms. The molecule has 1 fully saturated rings. The van der Waals surface area contributed by atoms with E-state index in [9.17, 15) is 0 Å². The Morgan fingerprint density at radius 3 is 2.69 bits per heavy atom. The van der Waals surface area contributed by atoms with Gasteiger partial charge in [0.2, 0.25) is 0 Å². The fourth-order valence-corrected chi connectivity index (χ4v) is 3.27. The molecule has 0 atom stereocenters. The van der Waals surface area contributed by atoms with E-state index in [-0.39, 0.29) is 24.0 Å². The molecule has 0 amide bonds. The van der Waals surface area contributed by atoms with Gasteiger partial charge in [-0.2, -0.15) is 4.98 Å². The summed E-state index contributed by atoms with van der Waals surface area (Å²) in [6, 6.07) is 5.59. The van der Waals surface area contributed by atoms with E-state index in [1.807, 2.05) is 18.2 Å². The number of ether oxygens (including phenoxy) is 1. The fraction of sp³-hybridized carbons (Fsp3) is 0.600. The van der Waals surface area contributed by atoms with Gasteiger partial charge in [-0.25, -0.2) is 0 Å². The number of pyridine rings is 1. The Hall–Kier alpha value is -1.75. The van der Waals surface area contributed by atoms with Crippen molar-refractivity contribution in [2.45, 2.75) is 51.0 Å². The van der Waals surface area contributed by atoms with Crippen molar-refractivity contribution in [3.63, 3.8) is 0 Å². The zero-order chi connectivity index (χ0) is 19.4. The number of hydrogen-bond donors (Lipinski definition) is 2. The van der Waals surface area contributed by atoms with E-state index in [1.54, 1.807) is 13.2 Å². The second kappa shape index (κ2) is 13.5. The first-order valence-electron chi connectivity index (χ1n) is 10.2. The minimum absolute atomic E-state index is 0. The Labute approximate surface area is 189 Å². The summed E-state index contributed by atoms with van der Waals surface area (Å²) < 4.78 is 11.3. The van der Waals surface area contributed by atoms with E-state index >= 15 is 0 Å². The van der Waals surface area contributed by atoms with Crippen LogP contribution in [-0.4, -0.2) is 53.9 Å². The van der Waals surface area contributed by atoms with Crippen molar-refractivity contribution in [3.8, 4) is 11.6 Å². The SMILES string of the molecule is CN=C(NCCOC1CCCCCC1)NCCc1noc(-c2ccccn2)n1.I. The number of nitrogens with one attached hydrogen (secondary N) is 2. The van der Waals surface area contributed by atoms with Gasteiger partial charge in [0, 0.05) is 32.8 Å². The molecule has 1 saturated carbocycles. The maximum absolute atomic E-state index is 5.99. The van der Waals surface area contributed by atoms with E-state index < -0.39 is 0 Å². The maximum atomic E-state index is 5.99. The number of guanidine groups is 1. The molecule has 2 N–H and O–H groups in total. The van der Waals surface area contributed by atoms with Gasteiger partial charge in [0.05, 0.1) is 12.7 Å². The zero-order valence-corrected chi connectivity index (χ0v) is 19.3. The van der Waals surface area contributed by atoms with Crippen LogP contribution in [0.3, 0.4) is 0 Å². The quantitative estimate of drug-likeness (QED) is 0.184. The lowest BCUT2D eigenvalue weighted by atomic mass is 10.1. The fourth-order valence-electron chi connectivity index (χ4n) is 3.27. The molecule has 0 aliphatic heterocycles.